The number of piperidine rings is 2. The minimum atomic E-state index is -0.210. The molecule has 0 spiro atoms. The Morgan fingerprint density at radius 1 is 1.19 bits per heavy atom. The molecule has 2 aliphatic heterocycles. The molecule has 1 unspecified atom stereocenters. The predicted octanol–water partition coefficient (Wildman–Crippen LogP) is 1.71. The van der Waals surface area contributed by atoms with E-state index < -0.39 is 0 Å². The highest BCUT2D eigenvalue weighted by Gasteiger charge is 2.29. The van der Waals surface area contributed by atoms with Gasteiger partial charge in [0.1, 0.15) is 0 Å². The minimum absolute atomic E-state index is 0.0479. The highest BCUT2D eigenvalue weighted by Crippen LogP contribution is 2.23. The number of nitrogens with zero attached hydrogens (tertiary/aromatic N) is 1. The number of likely N-dealkylation sites (tertiary alicyclic amines) is 1. The summed E-state index contributed by atoms with van der Waals surface area (Å²) in [4.78, 5) is 25.9. The zero-order valence-electron chi connectivity index (χ0n) is 13.1. The number of hydrogen-bond donors (Lipinski definition) is 1. The van der Waals surface area contributed by atoms with Gasteiger partial charge in [-0.05, 0) is 57.5 Å². The van der Waals surface area contributed by atoms with E-state index in [1.165, 1.54) is 20.0 Å². The Morgan fingerprint density at radius 3 is 2.67 bits per heavy atom. The summed E-state index contributed by atoms with van der Waals surface area (Å²) in [6.07, 6.45) is 7.39. The lowest BCUT2D eigenvalue weighted by molar-refractivity contribution is -0.144. The first kappa shape index (κ1) is 16.3. The van der Waals surface area contributed by atoms with E-state index in [1.807, 2.05) is 4.90 Å². The fraction of sp³-hybridized carbons (Fsp3) is 0.875. The van der Waals surface area contributed by atoms with Gasteiger partial charge in [-0.2, -0.15) is 0 Å². The smallest absolute Gasteiger partial charge is 0.307 e. The molecule has 2 fully saturated rings. The zero-order valence-corrected chi connectivity index (χ0v) is 13.1. The van der Waals surface area contributed by atoms with Crippen molar-refractivity contribution in [2.45, 2.75) is 57.4 Å². The summed E-state index contributed by atoms with van der Waals surface area (Å²) in [6, 6.07) is 0.0479. The van der Waals surface area contributed by atoms with Gasteiger partial charge in [0.2, 0.25) is 5.91 Å². The maximum atomic E-state index is 12.5. The van der Waals surface area contributed by atoms with E-state index in [-0.39, 0.29) is 17.9 Å². The largest absolute Gasteiger partial charge is 0.469 e. The van der Waals surface area contributed by atoms with E-state index in [0.717, 1.165) is 45.3 Å². The quantitative estimate of drug-likeness (QED) is 0.785. The van der Waals surface area contributed by atoms with Crippen LogP contribution in [0.15, 0.2) is 0 Å². The molecule has 2 aliphatic rings. The third kappa shape index (κ3) is 4.99. The molecular formula is C16H28N2O3. The maximum absolute atomic E-state index is 12.5. The number of methoxy groups -OCH3 is 1. The SMILES string of the molecule is COC(=O)CC1CCCCN1C(=O)CCC1CCNCC1. The molecule has 5 heteroatoms. The summed E-state index contributed by atoms with van der Waals surface area (Å²) < 4.78 is 4.75. The number of nitrogens with one attached hydrogen (secondary N) is 1. The van der Waals surface area contributed by atoms with Crippen molar-refractivity contribution in [3.63, 3.8) is 0 Å². The monoisotopic (exact) mass is 296 g/mol. The van der Waals surface area contributed by atoms with Crippen molar-refractivity contribution in [1.82, 2.24) is 10.2 Å². The van der Waals surface area contributed by atoms with Crippen molar-refractivity contribution < 1.29 is 14.3 Å². The number of amides is 1. The first-order chi connectivity index (χ1) is 10.2. The molecule has 0 bridgehead atoms. The molecule has 0 radical (unpaired) electrons. The third-order valence-corrected chi connectivity index (χ3v) is 4.80. The van der Waals surface area contributed by atoms with Gasteiger partial charge in [0.25, 0.3) is 0 Å². The van der Waals surface area contributed by atoms with E-state index in [9.17, 15) is 9.59 Å². The Kier molecular flexibility index (Phi) is 6.49. The number of hydrogen-bond acceptors (Lipinski definition) is 4. The molecule has 0 aromatic heterocycles. The lowest BCUT2D eigenvalue weighted by Crippen LogP contribution is -2.45. The van der Waals surface area contributed by atoms with E-state index >= 15 is 0 Å². The number of carbonyl (C=O) groups is 2. The summed E-state index contributed by atoms with van der Waals surface area (Å²) in [5.74, 6) is 0.694. The maximum Gasteiger partial charge on any atom is 0.307 e. The lowest BCUT2D eigenvalue weighted by atomic mass is 9.92. The van der Waals surface area contributed by atoms with Crippen molar-refractivity contribution in [2.24, 2.45) is 5.92 Å². The van der Waals surface area contributed by atoms with Crippen molar-refractivity contribution in [1.29, 1.82) is 0 Å². The first-order valence-electron chi connectivity index (χ1n) is 8.27. The summed E-state index contributed by atoms with van der Waals surface area (Å²) in [5, 5.41) is 3.35. The van der Waals surface area contributed by atoms with Gasteiger partial charge in [0.15, 0.2) is 0 Å². The van der Waals surface area contributed by atoms with Gasteiger partial charge < -0.3 is 15.0 Å². The van der Waals surface area contributed by atoms with Gasteiger partial charge in [-0.25, -0.2) is 0 Å². The molecule has 21 heavy (non-hydrogen) atoms. The molecule has 1 atom stereocenters. The Balaban J connectivity index is 1.81. The van der Waals surface area contributed by atoms with E-state index in [2.05, 4.69) is 5.32 Å². The van der Waals surface area contributed by atoms with Gasteiger partial charge in [0.05, 0.1) is 13.5 Å². The van der Waals surface area contributed by atoms with Crippen molar-refractivity contribution in [3.8, 4) is 0 Å². The molecule has 0 aromatic rings. The van der Waals surface area contributed by atoms with Crippen LogP contribution in [0.5, 0.6) is 0 Å². The zero-order chi connectivity index (χ0) is 15.1. The summed E-state index contributed by atoms with van der Waals surface area (Å²) >= 11 is 0. The van der Waals surface area contributed by atoms with Crippen LogP contribution in [0.3, 0.4) is 0 Å². The first-order valence-corrected chi connectivity index (χ1v) is 8.27. The van der Waals surface area contributed by atoms with E-state index in [4.69, 9.17) is 4.74 Å². The van der Waals surface area contributed by atoms with Crippen LogP contribution in [0, 0.1) is 5.92 Å². The summed E-state index contributed by atoms with van der Waals surface area (Å²) in [7, 11) is 1.41. The number of carbonyl (C=O) groups excluding carboxylic acids is 2. The molecule has 0 aromatic carbocycles. The standard InChI is InChI=1S/C16H28N2O3/c1-21-16(20)12-14-4-2-3-11-18(14)15(19)6-5-13-7-9-17-10-8-13/h13-14,17H,2-12H2,1H3. The van der Waals surface area contributed by atoms with Gasteiger partial charge in [0, 0.05) is 19.0 Å². The lowest BCUT2D eigenvalue weighted by Gasteiger charge is -2.35. The second kappa shape index (κ2) is 8.37. The summed E-state index contributed by atoms with van der Waals surface area (Å²) in [6.45, 7) is 2.95. The Labute approximate surface area is 127 Å². The topological polar surface area (TPSA) is 58.6 Å². The van der Waals surface area contributed by atoms with Crippen molar-refractivity contribution in [2.75, 3.05) is 26.7 Å². The van der Waals surface area contributed by atoms with Gasteiger partial charge in [-0.15, -0.1) is 0 Å². The Bertz CT molecular complexity index is 353. The van der Waals surface area contributed by atoms with Crippen molar-refractivity contribution in [3.05, 3.63) is 0 Å². The molecule has 2 rings (SSSR count). The number of esters is 1. The van der Waals surface area contributed by atoms with Gasteiger partial charge in [-0.1, -0.05) is 0 Å². The second-order valence-corrected chi connectivity index (χ2v) is 6.25. The van der Waals surface area contributed by atoms with Crippen LogP contribution in [0.1, 0.15) is 51.4 Å². The van der Waals surface area contributed by atoms with Crippen LogP contribution in [0.2, 0.25) is 0 Å². The Morgan fingerprint density at radius 2 is 1.95 bits per heavy atom. The van der Waals surface area contributed by atoms with E-state index in [1.54, 1.807) is 0 Å². The third-order valence-electron chi connectivity index (χ3n) is 4.80. The molecular weight excluding hydrogens is 268 g/mol. The van der Waals surface area contributed by atoms with Gasteiger partial charge in [-0.3, -0.25) is 9.59 Å². The van der Waals surface area contributed by atoms with Crippen LogP contribution in [-0.4, -0.2) is 49.6 Å². The average Bonchev–Trinajstić information content (AvgIpc) is 2.54. The minimum Gasteiger partial charge on any atom is -0.469 e. The summed E-state index contributed by atoms with van der Waals surface area (Å²) in [5.41, 5.74) is 0. The fourth-order valence-electron chi connectivity index (χ4n) is 3.46. The predicted molar refractivity (Wildman–Crippen MR) is 80.8 cm³/mol. The normalized spacial score (nSPS) is 23.9. The van der Waals surface area contributed by atoms with Crippen LogP contribution < -0.4 is 5.32 Å². The highest BCUT2D eigenvalue weighted by molar-refractivity contribution is 5.78. The molecule has 2 heterocycles. The molecule has 1 N–H and O–H groups in total. The number of rotatable bonds is 5. The highest BCUT2D eigenvalue weighted by atomic mass is 16.5. The second-order valence-electron chi connectivity index (χ2n) is 6.25. The molecule has 120 valence electrons. The van der Waals surface area contributed by atoms with Crippen molar-refractivity contribution >= 4 is 11.9 Å². The molecule has 1 amide bonds. The molecule has 0 saturated carbocycles. The number of ether oxygens (including phenoxy) is 1. The molecule has 5 nitrogen and oxygen atoms in total. The van der Waals surface area contributed by atoms with E-state index in [0.29, 0.717) is 18.8 Å². The average molecular weight is 296 g/mol. The molecule has 2 saturated heterocycles. The van der Waals surface area contributed by atoms with Crippen LogP contribution in [-0.2, 0) is 14.3 Å². The molecule has 0 aliphatic carbocycles. The Hall–Kier alpha value is -1.10. The van der Waals surface area contributed by atoms with Crippen LogP contribution in [0.25, 0.3) is 0 Å². The van der Waals surface area contributed by atoms with Gasteiger partial charge >= 0.3 is 5.97 Å². The van der Waals surface area contributed by atoms with Crippen LogP contribution in [0.4, 0.5) is 0 Å². The van der Waals surface area contributed by atoms with Crippen LogP contribution >= 0.6 is 0 Å². The fourth-order valence-corrected chi connectivity index (χ4v) is 3.46.